The summed E-state index contributed by atoms with van der Waals surface area (Å²) >= 11 is 1.24. The first kappa shape index (κ1) is 12.2. The molecule has 1 saturated heterocycles. The van der Waals surface area contributed by atoms with E-state index in [-0.39, 0.29) is 18.4 Å². The molecule has 1 aromatic carbocycles. The molecule has 1 fully saturated rings. The number of carboxylic acids is 1. The molecule has 0 unspecified atom stereocenters. The van der Waals surface area contributed by atoms with Crippen LogP contribution in [0.5, 0.6) is 0 Å². The van der Waals surface area contributed by atoms with Gasteiger partial charge < -0.3 is 5.11 Å². The number of carboxylic acid groups (broad SMARTS) is 1. The summed E-state index contributed by atoms with van der Waals surface area (Å²) in [6.07, 6.45) is -0.165. The number of amides is 1. The molecule has 1 N–H and O–H groups in total. The van der Waals surface area contributed by atoms with Crippen LogP contribution >= 0.6 is 11.8 Å². The fourth-order valence-corrected chi connectivity index (χ4v) is 3.60. The van der Waals surface area contributed by atoms with E-state index in [1.807, 2.05) is 31.2 Å². The number of amidine groups is 1. The van der Waals surface area contributed by atoms with Gasteiger partial charge >= 0.3 is 5.97 Å². The Hall–Kier alpha value is -1.82. The Morgan fingerprint density at radius 1 is 1.47 bits per heavy atom. The number of hydrogen-bond acceptors (Lipinski definition) is 4. The van der Waals surface area contributed by atoms with Crippen molar-refractivity contribution in [1.82, 2.24) is 4.90 Å². The first-order valence-electron chi connectivity index (χ1n) is 5.97. The summed E-state index contributed by atoms with van der Waals surface area (Å²) in [7, 11) is 0. The van der Waals surface area contributed by atoms with Crippen molar-refractivity contribution in [2.45, 2.75) is 24.6 Å². The normalized spacial score (nSPS) is 24.8. The number of fused-ring (bicyclic) bond motifs is 2. The zero-order valence-electron chi connectivity index (χ0n) is 10.2. The van der Waals surface area contributed by atoms with Crippen LogP contribution in [0.15, 0.2) is 29.3 Å². The molecule has 0 spiro atoms. The van der Waals surface area contributed by atoms with E-state index < -0.39 is 11.2 Å². The lowest BCUT2D eigenvalue weighted by molar-refractivity contribution is -0.139. The molecule has 0 saturated carbocycles. The molecule has 19 heavy (non-hydrogen) atoms. The first-order valence-corrected chi connectivity index (χ1v) is 6.85. The number of benzene rings is 1. The van der Waals surface area contributed by atoms with Crippen molar-refractivity contribution in [3.05, 3.63) is 29.8 Å². The molecule has 2 heterocycles. The number of para-hydroxylation sites is 1. The van der Waals surface area contributed by atoms with Gasteiger partial charge in [0.05, 0.1) is 18.2 Å². The lowest BCUT2D eigenvalue weighted by Crippen LogP contribution is -2.36. The Morgan fingerprint density at radius 3 is 2.95 bits per heavy atom. The van der Waals surface area contributed by atoms with Gasteiger partial charge in [-0.1, -0.05) is 30.0 Å². The Labute approximate surface area is 114 Å². The molecular weight excluding hydrogens is 264 g/mol. The highest BCUT2D eigenvalue weighted by molar-refractivity contribution is 8.15. The predicted molar refractivity (Wildman–Crippen MR) is 72.4 cm³/mol. The van der Waals surface area contributed by atoms with Gasteiger partial charge in [-0.2, -0.15) is 0 Å². The predicted octanol–water partition coefficient (Wildman–Crippen LogP) is 2.17. The maximum Gasteiger partial charge on any atom is 0.305 e. The Balaban J connectivity index is 1.98. The zero-order valence-corrected chi connectivity index (χ0v) is 11.1. The van der Waals surface area contributed by atoms with Gasteiger partial charge in [0.25, 0.3) is 0 Å². The monoisotopic (exact) mass is 276 g/mol. The molecule has 1 amide bonds. The zero-order chi connectivity index (χ0) is 13.6. The quantitative estimate of drug-likeness (QED) is 0.898. The van der Waals surface area contributed by atoms with Crippen molar-refractivity contribution >= 4 is 34.5 Å². The van der Waals surface area contributed by atoms with Crippen LogP contribution in [0.1, 0.15) is 24.9 Å². The molecule has 3 rings (SSSR count). The summed E-state index contributed by atoms with van der Waals surface area (Å²) in [5.74, 6) is -1.12. The second kappa shape index (κ2) is 4.38. The van der Waals surface area contributed by atoms with E-state index in [9.17, 15) is 9.59 Å². The smallest absolute Gasteiger partial charge is 0.305 e. The highest BCUT2D eigenvalue weighted by Gasteiger charge is 2.44. The second-order valence-corrected chi connectivity index (χ2v) is 5.71. The Kier molecular flexibility index (Phi) is 2.82. The molecule has 6 heteroatoms. The number of carbonyl (C=O) groups excluding carboxylic acids is 1. The number of rotatable bonds is 2. The molecule has 98 valence electrons. The minimum atomic E-state index is -0.962. The summed E-state index contributed by atoms with van der Waals surface area (Å²) in [6, 6.07) is 7.58. The van der Waals surface area contributed by atoms with E-state index in [2.05, 4.69) is 4.99 Å². The number of hydrogen-bond donors (Lipinski definition) is 1. The molecule has 5 nitrogen and oxygen atoms in total. The molecule has 0 aliphatic carbocycles. The van der Waals surface area contributed by atoms with Crippen molar-refractivity contribution < 1.29 is 14.7 Å². The van der Waals surface area contributed by atoms with Crippen LogP contribution in [0.2, 0.25) is 0 Å². The maximum absolute atomic E-state index is 12.3. The third-order valence-electron chi connectivity index (χ3n) is 3.32. The number of aliphatic imine (C=N–C) groups is 1. The lowest BCUT2D eigenvalue weighted by Gasteiger charge is -2.29. The summed E-state index contributed by atoms with van der Waals surface area (Å²) in [5, 5.41) is 8.89. The molecule has 2 aliphatic heterocycles. The van der Waals surface area contributed by atoms with E-state index in [1.54, 1.807) is 4.90 Å². The number of nitrogens with zero attached hydrogens (tertiary/aromatic N) is 2. The van der Waals surface area contributed by atoms with Crippen molar-refractivity contribution in [2.75, 3.05) is 0 Å². The van der Waals surface area contributed by atoms with E-state index >= 15 is 0 Å². The van der Waals surface area contributed by atoms with Crippen LogP contribution in [-0.2, 0) is 9.59 Å². The van der Waals surface area contributed by atoms with Crippen LogP contribution in [-0.4, -0.2) is 32.3 Å². The van der Waals surface area contributed by atoms with Gasteiger partial charge in [-0.05, 0) is 13.0 Å². The molecule has 0 bridgehead atoms. The van der Waals surface area contributed by atoms with Gasteiger partial charge in [-0.15, -0.1) is 0 Å². The third-order valence-corrected chi connectivity index (χ3v) is 4.47. The standard InChI is InChI=1S/C13H12N2O3S/c1-7-8-4-2-3-5-9(8)14-13-15(7)12(18)10(19-13)6-11(16)17/h2-5,7,10H,6H2,1H3,(H,16,17)/t7-,10+/m1/s1. The third kappa shape index (κ3) is 1.92. The molecule has 0 radical (unpaired) electrons. The molecule has 2 aliphatic rings. The van der Waals surface area contributed by atoms with Gasteiger partial charge in [-0.25, -0.2) is 4.99 Å². The summed E-state index contributed by atoms with van der Waals surface area (Å²) in [6.45, 7) is 1.94. The van der Waals surface area contributed by atoms with Gasteiger partial charge in [0, 0.05) is 5.56 Å². The molecular formula is C13H12N2O3S. The van der Waals surface area contributed by atoms with Crippen LogP contribution in [0.4, 0.5) is 5.69 Å². The van der Waals surface area contributed by atoms with Crippen LogP contribution in [0.3, 0.4) is 0 Å². The Bertz CT molecular complexity index is 599. The molecule has 1 aromatic rings. The van der Waals surface area contributed by atoms with E-state index in [4.69, 9.17) is 5.11 Å². The highest BCUT2D eigenvalue weighted by atomic mass is 32.2. The lowest BCUT2D eigenvalue weighted by atomic mass is 10.0. The highest BCUT2D eigenvalue weighted by Crippen LogP contribution is 2.43. The van der Waals surface area contributed by atoms with Crippen molar-refractivity contribution in [2.24, 2.45) is 4.99 Å². The molecule has 2 atom stereocenters. The van der Waals surface area contributed by atoms with Crippen LogP contribution < -0.4 is 0 Å². The van der Waals surface area contributed by atoms with Crippen molar-refractivity contribution in [3.63, 3.8) is 0 Å². The van der Waals surface area contributed by atoms with Crippen LogP contribution in [0, 0.1) is 0 Å². The SMILES string of the molecule is C[C@@H]1c2ccccc2N=C2S[C@@H](CC(=O)O)C(=O)N21. The van der Waals surface area contributed by atoms with Crippen molar-refractivity contribution in [1.29, 1.82) is 0 Å². The minimum absolute atomic E-state index is 0.0949. The first-order chi connectivity index (χ1) is 9.08. The van der Waals surface area contributed by atoms with Gasteiger partial charge in [0.2, 0.25) is 5.91 Å². The molecule has 0 aromatic heterocycles. The summed E-state index contributed by atoms with van der Waals surface area (Å²) in [4.78, 5) is 29.1. The average molecular weight is 276 g/mol. The number of aliphatic carboxylic acids is 1. The number of carbonyl (C=O) groups is 2. The summed E-state index contributed by atoms with van der Waals surface area (Å²) < 4.78 is 0. The van der Waals surface area contributed by atoms with Gasteiger partial charge in [0.1, 0.15) is 5.25 Å². The Morgan fingerprint density at radius 2 is 2.21 bits per heavy atom. The number of thioether (sulfide) groups is 1. The summed E-state index contributed by atoms with van der Waals surface area (Å²) in [5.41, 5.74) is 1.86. The van der Waals surface area contributed by atoms with E-state index in [0.717, 1.165) is 11.3 Å². The van der Waals surface area contributed by atoms with Crippen LogP contribution in [0.25, 0.3) is 0 Å². The fraction of sp³-hybridized carbons (Fsp3) is 0.308. The van der Waals surface area contributed by atoms with E-state index in [0.29, 0.717) is 5.17 Å². The van der Waals surface area contributed by atoms with Gasteiger partial charge in [0.15, 0.2) is 5.17 Å². The average Bonchev–Trinajstić information content (AvgIpc) is 2.66. The topological polar surface area (TPSA) is 70.0 Å². The largest absolute Gasteiger partial charge is 0.481 e. The fourth-order valence-electron chi connectivity index (χ4n) is 2.39. The maximum atomic E-state index is 12.3. The second-order valence-electron chi connectivity index (χ2n) is 4.54. The van der Waals surface area contributed by atoms with E-state index in [1.165, 1.54) is 11.8 Å². The van der Waals surface area contributed by atoms with Gasteiger partial charge in [-0.3, -0.25) is 14.5 Å². The minimum Gasteiger partial charge on any atom is -0.481 e. The van der Waals surface area contributed by atoms with Crippen molar-refractivity contribution in [3.8, 4) is 0 Å².